The van der Waals surface area contributed by atoms with Crippen molar-refractivity contribution in [1.29, 1.82) is 0 Å². The van der Waals surface area contributed by atoms with E-state index in [2.05, 4.69) is 26.2 Å². The standard InChI is InChI=1S/C28H39FN2O/c1-5-9-17-26(7-3)31-23-13-15-24-18-21-28(32,20-12-10-11-16-25(29)6-2)27(24,8-4)19-14-22-30-31/h5-7,9-11,15-17,22,32H,2-3,8,12-14,18-21,23H2,1,4H3/b9-5-,11-10+,24-15-,25-16+,26-17+,30-22-/t27?,28-/m0/s1. The van der Waals surface area contributed by atoms with Crippen LogP contribution in [0.5, 0.6) is 0 Å². The normalized spacial score (nSPS) is 30.2. The molecule has 1 saturated carbocycles. The van der Waals surface area contributed by atoms with Crippen LogP contribution in [0.4, 0.5) is 4.39 Å². The van der Waals surface area contributed by atoms with E-state index in [0.717, 1.165) is 50.8 Å². The highest BCUT2D eigenvalue weighted by Crippen LogP contribution is 2.57. The molecule has 1 aliphatic heterocycles. The third kappa shape index (κ3) is 6.07. The molecule has 1 unspecified atom stereocenters. The molecule has 174 valence electrons. The summed E-state index contributed by atoms with van der Waals surface area (Å²) >= 11 is 0. The van der Waals surface area contributed by atoms with Crippen LogP contribution in [0.25, 0.3) is 0 Å². The van der Waals surface area contributed by atoms with Crippen LogP contribution in [-0.2, 0) is 0 Å². The van der Waals surface area contributed by atoms with Gasteiger partial charge in [-0.1, -0.05) is 56.0 Å². The summed E-state index contributed by atoms with van der Waals surface area (Å²) in [5.74, 6) is -0.350. The average Bonchev–Trinajstić information content (AvgIpc) is 3.08. The van der Waals surface area contributed by atoms with Crippen molar-refractivity contribution in [3.8, 4) is 0 Å². The van der Waals surface area contributed by atoms with Crippen LogP contribution in [0.2, 0.25) is 0 Å². The Hall–Kier alpha value is -2.46. The molecule has 1 fully saturated rings. The van der Waals surface area contributed by atoms with Crippen LogP contribution in [0.1, 0.15) is 65.2 Å². The fraction of sp³-hybridized carbons (Fsp3) is 0.464. The number of hydrogen-bond donors (Lipinski definition) is 1. The average molecular weight is 439 g/mol. The third-order valence-corrected chi connectivity index (χ3v) is 6.85. The van der Waals surface area contributed by atoms with Crippen LogP contribution in [-0.4, -0.2) is 28.5 Å². The van der Waals surface area contributed by atoms with Gasteiger partial charge in [-0.2, -0.15) is 5.10 Å². The molecule has 0 aromatic carbocycles. The van der Waals surface area contributed by atoms with Gasteiger partial charge in [0, 0.05) is 18.2 Å². The summed E-state index contributed by atoms with van der Waals surface area (Å²) in [5, 5.41) is 18.5. The van der Waals surface area contributed by atoms with Crippen molar-refractivity contribution >= 4 is 6.21 Å². The first-order valence-corrected chi connectivity index (χ1v) is 11.8. The lowest BCUT2D eigenvalue weighted by atomic mass is 9.65. The maximum atomic E-state index is 13.2. The van der Waals surface area contributed by atoms with Crippen LogP contribution in [0.15, 0.2) is 90.0 Å². The molecule has 0 aromatic heterocycles. The number of fused-ring (bicyclic) bond motifs is 1. The lowest BCUT2D eigenvalue weighted by Crippen LogP contribution is -2.44. The minimum atomic E-state index is -0.747. The molecule has 1 heterocycles. The predicted octanol–water partition coefficient (Wildman–Crippen LogP) is 7.33. The van der Waals surface area contributed by atoms with Gasteiger partial charge < -0.3 is 5.11 Å². The van der Waals surface area contributed by atoms with Gasteiger partial charge >= 0.3 is 0 Å². The molecule has 2 aliphatic rings. The quantitative estimate of drug-likeness (QED) is 0.302. The van der Waals surface area contributed by atoms with E-state index >= 15 is 0 Å². The number of aliphatic hydroxyl groups is 1. The number of allylic oxidation sites excluding steroid dienone is 9. The molecular weight excluding hydrogens is 399 g/mol. The zero-order valence-electron chi connectivity index (χ0n) is 19.8. The number of hydrazone groups is 1. The smallest absolute Gasteiger partial charge is 0.122 e. The summed E-state index contributed by atoms with van der Waals surface area (Å²) in [6, 6.07) is 0. The summed E-state index contributed by atoms with van der Waals surface area (Å²) < 4.78 is 13.2. The molecule has 0 bridgehead atoms. The highest BCUT2D eigenvalue weighted by Gasteiger charge is 2.54. The van der Waals surface area contributed by atoms with Crippen molar-refractivity contribution in [3.63, 3.8) is 0 Å². The van der Waals surface area contributed by atoms with Crippen LogP contribution >= 0.6 is 0 Å². The zero-order chi connectivity index (χ0) is 23.5. The van der Waals surface area contributed by atoms with Gasteiger partial charge in [0.25, 0.3) is 0 Å². The van der Waals surface area contributed by atoms with Gasteiger partial charge in [0.05, 0.1) is 11.3 Å². The van der Waals surface area contributed by atoms with Crippen molar-refractivity contribution < 1.29 is 9.50 Å². The Morgan fingerprint density at radius 3 is 2.72 bits per heavy atom. The second-order valence-electron chi connectivity index (χ2n) is 8.49. The Balaban J connectivity index is 2.19. The van der Waals surface area contributed by atoms with Crippen LogP contribution in [0, 0.1) is 5.41 Å². The monoisotopic (exact) mass is 438 g/mol. The summed E-state index contributed by atoms with van der Waals surface area (Å²) in [7, 11) is 0. The van der Waals surface area contributed by atoms with Crippen molar-refractivity contribution in [3.05, 3.63) is 84.9 Å². The summed E-state index contributed by atoms with van der Waals surface area (Å²) in [5.41, 5.74) is 1.40. The number of hydrogen-bond acceptors (Lipinski definition) is 3. The Morgan fingerprint density at radius 1 is 1.22 bits per heavy atom. The fourth-order valence-corrected chi connectivity index (χ4v) is 5.09. The lowest BCUT2D eigenvalue weighted by molar-refractivity contribution is -0.0593. The van der Waals surface area contributed by atoms with E-state index in [4.69, 9.17) is 5.10 Å². The van der Waals surface area contributed by atoms with E-state index in [1.54, 1.807) is 6.08 Å². The Bertz CT molecular complexity index is 832. The Kier molecular flexibility index (Phi) is 10.1. The summed E-state index contributed by atoms with van der Waals surface area (Å²) in [6.07, 6.45) is 25.0. The minimum Gasteiger partial charge on any atom is -0.389 e. The molecular formula is C28H39FN2O. The molecule has 4 heteroatoms. The molecule has 1 N–H and O–H groups in total. The number of nitrogens with zero attached hydrogens (tertiary/aromatic N) is 2. The van der Waals surface area contributed by atoms with E-state index in [9.17, 15) is 9.50 Å². The van der Waals surface area contributed by atoms with Gasteiger partial charge in [-0.3, -0.25) is 5.01 Å². The van der Waals surface area contributed by atoms with E-state index in [1.165, 1.54) is 17.7 Å². The Labute approximate surface area is 193 Å². The van der Waals surface area contributed by atoms with Crippen LogP contribution in [0.3, 0.4) is 0 Å². The van der Waals surface area contributed by atoms with E-state index in [1.807, 2.05) is 48.5 Å². The maximum Gasteiger partial charge on any atom is 0.122 e. The van der Waals surface area contributed by atoms with Gasteiger partial charge in [0.15, 0.2) is 0 Å². The summed E-state index contributed by atoms with van der Waals surface area (Å²) in [4.78, 5) is 0. The van der Waals surface area contributed by atoms with Crippen molar-refractivity contribution in [2.45, 2.75) is 70.8 Å². The molecule has 0 radical (unpaired) electrons. The molecule has 0 aromatic rings. The van der Waals surface area contributed by atoms with E-state index in [-0.39, 0.29) is 11.2 Å². The van der Waals surface area contributed by atoms with Gasteiger partial charge in [-0.05, 0) is 82.6 Å². The van der Waals surface area contributed by atoms with Crippen molar-refractivity contribution in [2.24, 2.45) is 10.5 Å². The van der Waals surface area contributed by atoms with E-state index < -0.39 is 5.60 Å². The molecule has 0 amide bonds. The highest BCUT2D eigenvalue weighted by atomic mass is 19.1. The molecule has 3 nitrogen and oxygen atoms in total. The first kappa shape index (κ1) is 25.8. The first-order valence-electron chi connectivity index (χ1n) is 11.8. The number of halogens is 1. The minimum absolute atomic E-state index is 0.223. The van der Waals surface area contributed by atoms with Gasteiger partial charge in [-0.25, -0.2) is 4.39 Å². The third-order valence-electron chi connectivity index (χ3n) is 6.85. The number of rotatable bonds is 9. The molecule has 1 aliphatic carbocycles. The first-order chi connectivity index (χ1) is 15.5. The highest BCUT2D eigenvalue weighted by molar-refractivity contribution is 5.57. The molecule has 2 atom stereocenters. The maximum absolute atomic E-state index is 13.2. The molecule has 0 spiro atoms. The second-order valence-corrected chi connectivity index (χ2v) is 8.49. The van der Waals surface area contributed by atoms with Gasteiger partial charge in [-0.15, -0.1) is 0 Å². The van der Waals surface area contributed by atoms with E-state index in [0.29, 0.717) is 12.8 Å². The van der Waals surface area contributed by atoms with Crippen LogP contribution < -0.4 is 0 Å². The molecule has 32 heavy (non-hydrogen) atoms. The topological polar surface area (TPSA) is 35.8 Å². The van der Waals surface area contributed by atoms with Crippen molar-refractivity contribution in [1.82, 2.24) is 5.01 Å². The van der Waals surface area contributed by atoms with Gasteiger partial charge in [0.2, 0.25) is 0 Å². The second kappa shape index (κ2) is 12.5. The van der Waals surface area contributed by atoms with Gasteiger partial charge in [0.1, 0.15) is 5.83 Å². The Morgan fingerprint density at radius 2 is 2.03 bits per heavy atom. The fourth-order valence-electron chi connectivity index (χ4n) is 5.09. The lowest BCUT2D eigenvalue weighted by Gasteiger charge is -2.43. The molecule has 2 rings (SSSR count). The SMILES string of the molecule is C=C/C(F)=C\C=C\CC[C@]1(O)CC/C2=C/CCN(/C(C=C)=C/C=C\C)/N=C\CCC21CC. The predicted molar refractivity (Wildman–Crippen MR) is 135 cm³/mol. The molecule has 0 saturated heterocycles. The largest absolute Gasteiger partial charge is 0.389 e. The summed E-state index contributed by atoms with van der Waals surface area (Å²) in [6.45, 7) is 12.3. The van der Waals surface area contributed by atoms with Crippen molar-refractivity contribution in [2.75, 3.05) is 6.54 Å². The zero-order valence-corrected chi connectivity index (χ0v) is 19.8.